The molecule has 0 spiro atoms. The fourth-order valence-electron chi connectivity index (χ4n) is 6.24. The molecule has 5 nitrogen and oxygen atoms in total. The van der Waals surface area contributed by atoms with Crippen molar-refractivity contribution in [2.45, 2.75) is 103 Å². The normalized spacial score (nSPS) is 23.4. The van der Waals surface area contributed by atoms with Gasteiger partial charge in [-0.2, -0.15) is 0 Å². The van der Waals surface area contributed by atoms with Crippen molar-refractivity contribution >= 4 is 17.5 Å². The van der Waals surface area contributed by atoms with Crippen LogP contribution in [0.15, 0.2) is 36.4 Å². The van der Waals surface area contributed by atoms with E-state index in [1.807, 2.05) is 51.1 Å². The van der Waals surface area contributed by atoms with E-state index in [0.29, 0.717) is 28.9 Å². The number of fused-ring (bicyclic) bond motifs is 1. The molecule has 1 aliphatic carbocycles. The molecule has 1 saturated carbocycles. The Balaban J connectivity index is 1.67. The number of hydrogen-bond acceptors (Lipinski definition) is 4. The summed E-state index contributed by atoms with van der Waals surface area (Å²) in [5.41, 5.74) is 2.43. The topological polar surface area (TPSA) is 59.0 Å². The molecule has 4 rings (SSSR count). The predicted octanol–water partition coefficient (Wildman–Crippen LogP) is 7.36. The number of halogens is 1. The fraction of sp³-hybridized carbons (Fsp3) is 0.594. The molecule has 1 N–H and O–H groups in total. The summed E-state index contributed by atoms with van der Waals surface area (Å²) >= 11 is 6.25. The minimum Gasteiger partial charge on any atom is -0.493 e. The van der Waals surface area contributed by atoms with Gasteiger partial charge in [0.15, 0.2) is 11.5 Å². The molecule has 38 heavy (non-hydrogen) atoms. The molecule has 0 bridgehead atoms. The van der Waals surface area contributed by atoms with Crippen LogP contribution < -0.4 is 9.47 Å². The first-order chi connectivity index (χ1) is 18.0. The summed E-state index contributed by atoms with van der Waals surface area (Å²) in [6.45, 7) is 10.4. The molecule has 1 fully saturated rings. The van der Waals surface area contributed by atoms with E-state index in [4.69, 9.17) is 21.1 Å². The van der Waals surface area contributed by atoms with E-state index < -0.39 is 5.60 Å². The number of amides is 1. The molecule has 208 valence electrons. The van der Waals surface area contributed by atoms with E-state index in [0.717, 1.165) is 55.2 Å². The lowest BCUT2D eigenvalue weighted by Crippen LogP contribution is -2.50. The van der Waals surface area contributed by atoms with E-state index in [-0.39, 0.29) is 30.0 Å². The SMILES string of the molecule is COc1cc2c(cc1OC(C)C)C(c1ccc(Cl)cc1)N([C@H]1CC[C@H](C(C)(O)CCC(C)C)CC1)C(=O)C2. The summed E-state index contributed by atoms with van der Waals surface area (Å²) in [6, 6.07) is 11.8. The number of aliphatic hydroxyl groups is 1. The second-order valence-electron chi connectivity index (χ2n) is 12.1. The molecule has 2 aromatic carbocycles. The molecule has 2 aliphatic rings. The van der Waals surface area contributed by atoms with Crippen molar-refractivity contribution in [3.8, 4) is 11.5 Å². The Morgan fingerprint density at radius 2 is 1.71 bits per heavy atom. The number of benzene rings is 2. The van der Waals surface area contributed by atoms with Crippen LogP contribution in [0.1, 0.15) is 95.9 Å². The van der Waals surface area contributed by atoms with Crippen LogP contribution in [0.3, 0.4) is 0 Å². The van der Waals surface area contributed by atoms with Crippen molar-refractivity contribution in [3.63, 3.8) is 0 Å². The van der Waals surface area contributed by atoms with Crippen molar-refractivity contribution in [1.29, 1.82) is 0 Å². The zero-order valence-electron chi connectivity index (χ0n) is 23.8. The molecule has 1 heterocycles. The van der Waals surface area contributed by atoms with Crippen LogP contribution in [0, 0.1) is 11.8 Å². The van der Waals surface area contributed by atoms with Crippen LogP contribution in [-0.4, -0.2) is 40.8 Å². The zero-order chi connectivity index (χ0) is 27.6. The van der Waals surface area contributed by atoms with Crippen molar-refractivity contribution in [1.82, 2.24) is 4.90 Å². The summed E-state index contributed by atoms with van der Waals surface area (Å²) in [4.78, 5) is 15.9. The van der Waals surface area contributed by atoms with Gasteiger partial charge in [0.05, 0.1) is 31.3 Å². The maximum Gasteiger partial charge on any atom is 0.228 e. The van der Waals surface area contributed by atoms with Crippen LogP contribution in [0.2, 0.25) is 5.02 Å². The quantitative estimate of drug-likeness (QED) is 0.360. The first-order valence-corrected chi connectivity index (χ1v) is 14.5. The summed E-state index contributed by atoms with van der Waals surface area (Å²) in [5.74, 6) is 2.31. The van der Waals surface area contributed by atoms with Crippen LogP contribution in [0.4, 0.5) is 0 Å². The van der Waals surface area contributed by atoms with Gasteiger partial charge in [0, 0.05) is 11.1 Å². The molecule has 0 saturated heterocycles. The standard InChI is InChI=1S/C32H44ClNO4/c1-20(2)15-16-32(5,36)24-9-13-26(14-10-24)34-30(35)18-23-17-28(37-6)29(38-21(3)4)19-27(23)31(34)22-7-11-25(33)12-8-22/h7-8,11-12,17,19-21,24,26,31,36H,9-10,13-16,18H2,1-6H3/t24-,26-,31?,32?. The maximum absolute atomic E-state index is 13.8. The van der Waals surface area contributed by atoms with Gasteiger partial charge < -0.3 is 19.5 Å². The number of carbonyl (C=O) groups is 1. The van der Waals surface area contributed by atoms with E-state index in [1.165, 1.54) is 0 Å². The number of nitrogens with zero attached hydrogens (tertiary/aromatic N) is 1. The third-order valence-electron chi connectivity index (χ3n) is 8.37. The molecule has 2 aromatic rings. The first-order valence-electron chi connectivity index (χ1n) is 14.2. The van der Waals surface area contributed by atoms with Crippen molar-refractivity contribution < 1.29 is 19.4 Å². The Labute approximate surface area is 233 Å². The van der Waals surface area contributed by atoms with Gasteiger partial charge in [-0.15, -0.1) is 0 Å². The van der Waals surface area contributed by atoms with Gasteiger partial charge in [0.25, 0.3) is 0 Å². The van der Waals surface area contributed by atoms with Crippen molar-refractivity contribution in [2.75, 3.05) is 7.11 Å². The van der Waals surface area contributed by atoms with E-state index >= 15 is 0 Å². The Kier molecular flexibility index (Phi) is 8.99. The van der Waals surface area contributed by atoms with Gasteiger partial charge in [-0.1, -0.05) is 37.6 Å². The first kappa shape index (κ1) is 28.8. The average Bonchev–Trinajstić information content (AvgIpc) is 2.87. The molecule has 6 heteroatoms. The Morgan fingerprint density at radius 3 is 2.29 bits per heavy atom. The van der Waals surface area contributed by atoms with Crippen molar-refractivity contribution in [2.24, 2.45) is 11.8 Å². The monoisotopic (exact) mass is 541 g/mol. The van der Waals surface area contributed by atoms with Gasteiger partial charge in [-0.05, 0) is 112 Å². The molecule has 1 amide bonds. The van der Waals surface area contributed by atoms with Gasteiger partial charge >= 0.3 is 0 Å². The highest BCUT2D eigenvalue weighted by atomic mass is 35.5. The minimum atomic E-state index is -0.664. The summed E-state index contributed by atoms with van der Waals surface area (Å²) in [6.07, 6.45) is 5.80. The Hall–Kier alpha value is -2.24. The Morgan fingerprint density at radius 1 is 1.05 bits per heavy atom. The fourth-order valence-corrected chi connectivity index (χ4v) is 6.37. The van der Waals surface area contributed by atoms with Gasteiger partial charge in [-0.25, -0.2) is 0 Å². The third kappa shape index (κ3) is 6.31. The molecule has 2 atom stereocenters. The third-order valence-corrected chi connectivity index (χ3v) is 8.63. The predicted molar refractivity (Wildman–Crippen MR) is 153 cm³/mol. The highest BCUT2D eigenvalue weighted by molar-refractivity contribution is 6.30. The highest BCUT2D eigenvalue weighted by Crippen LogP contribution is 2.46. The lowest BCUT2D eigenvalue weighted by Gasteiger charge is -2.47. The maximum atomic E-state index is 13.8. The summed E-state index contributed by atoms with van der Waals surface area (Å²) in [5, 5.41) is 11.9. The number of rotatable bonds is 9. The number of ether oxygens (including phenoxy) is 2. The lowest BCUT2D eigenvalue weighted by molar-refractivity contribution is -0.137. The second kappa shape index (κ2) is 11.9. The number of methoxy groups -OCH3 is 1. The smallest absolute Gasteiger partial charge is 0.228 e. The van der Waals surface area contributed by atoms with Crippen LogP contribution in [-0.2, 0) is 11.2 Å². The number of carbonyl (C=O) groups excluding carboxylic acids is 1. The molecule has 1 aliphatic heterocycles. The highest BCUT2D eigenvalue weighted by Gasteiger charge is 2.42. The van der Waals surface area contributed by atoms with Gasteiger partial charge in [-0.3, -0.25) is 4.79 Å². The van der Waals surface area contributed by atoms with Crippen molar-refractivity contribution in [3.05, 3.63) is 58.1 Å². The largest absolute Gasteiger partial charge is 0.493 e. The molecular weight excluding hydrogens is 498 g/mol. The zero-order valence-corrected chi connectivity index (χ0v) is 24.6. The van der Waals surface area contributed by atoms with E-state index in [1.54, 1.807) is 7.11 Å². The van der Waals surface area contributed by atoms with E-state index in [9.17, 15) is 9.90 Å². The molecule has 0 aromatic heterocycles. The second-order valence-corrected chi connectivity index (χ2v) is 12.5. The molecular formula is C32H44ClNO4. The minimum absolute atomic E-state index is 0.00368. The average molecular weight is 542 g/mol. The molecule has 2 unspecified atom stereocenters. The van der Waals surface area contributed by atoms with Gasteiger partial charge in [0.2, 0.25) is 5.91 Å². The van der Waals surface area contributed by atoms with Gasteiger partial charge in [0.1, 0.15) is 0 Å². The Bertz CT molecular complexity index is 1100. The van der Waals surface area contributed by atoms with E-state index in [2.05, 4.69) is 24.8 Å². The molecule has 0 radical (unpaired) electrons. The van der Waals surface area contributed by atoms with Crippen LogP contribution >= 0.6 is 11.6 Å². The lowest BCUT2D eigenvalue weighted by atomic mass is 9.73. The number of hydrogen-bond donors (Lipinski definition) is 1. The van der Waals surface area contributed by atoms with Crippen LogP contribution in [0.25, 0.3) is 0 Å². The summed E-state index contributed by atoms with van der Waals surface area (Å²) < 4.78 is 11.8. The summed E-state index contributed by atoms with van der Waals surface area (Å²) in [7, 11) is 1.64. The van der Waals surface area contributed by atoms with Crippen LogP contribution in [0.5, 0.6) is 11.5 Å².